The number of nitrogens with zero attached hydrogens (tertiary/aromatic N) is 2. The number of para-hydroxylation sites is 1. The Kier molecular flexibility index (Phi) is 5.79. The number of hydrogen-bond donors (Lipinski definition) is 1. The number of benzene rings is 3. The van der Waals surface area contributed by atoms with Gasteiger partial charge in [0.2, 0.25) is 10.0 Å². The molecular weight excluding hydrogens is 450 g/mol. The van der Waals surface area contributed by atoms with Gasteiger partial charge in [0.05, 0.1) is 17.6 Å². The number of sulfonamides is 1. The molecule has 0 spiro atoms. The first-order chi connectivity index (χ1) is 16.4. The van der Waals surface area contributed by atoms with Gasteiger partial charge in [-0.1, -0.05) is 18.2 Å². The maximum absolute atomic E-state index is 13.3. The van der Waals surface area contributed by atoms with Crippen molar-refractivity contribution in [1.82, 2.24) is 8.87 Å². The molecule has 4 aromatic rings. The fourth-order valence-electron chi connectivity index (χ4n) is 4.77. The summed E-state index contributed by atoms with van der Waals surface area (Å²) in [6.07, 6.45) is 1.69. The molecule has 2 heterocycles. The summed E-state index contributed by atoms with van der Waals surface area (Å²) in [5.41, 5.74) is 3.05. The van der Waals surface area contributed by atoms with Crippen LogP contribution in [-0.2, 0) is 16.6 Å². The summed E-state index contributed by atoms with van der Waals surface area (Å²) in [6, 6.07) is 18.4. The molecule has 0 saturated carbocycles. The Morgan fingerprint density at radius 3 is 2.44 bits per heavy atom. The van der Waals surface area contributed by atoms with Crippen molar-refractivity contribution in [3.63, 3.8) is 0 Å². The number of methoxy groups -OCH3 is 1. The van der Waals surface area contributed by atoms with Crippen LogP contribution in [0.25, 0.3) is 21.8 Å². The Morgan fingerprint density at radius 2 is 1.71 bits per heavy atom. The SMILES string of the molecule is CCn1c2ccccc2c2cc(NC(=O)c3cc(S(=O)(=O)N4CCCC4)ccc3OC)ccc21. The minimum absolute atomic E-state index is 0.0989. The summed E-state index contributed by atoms with van der Waals surface area (Å²) in [4.78, 5) is 13.3. The predicted molar refractivity (Wildman–Crippen MR) is 134 cm³/mol. The normalized spacial score (nSPS) is 14.6. The first-order valence-electron chi connectivity index (χ1n) is 11.4. The second-order valence-electron chi connectivity index (χ2n) is 8.42. The summed E-state index contributed by atoms with van der Waals surface area (Å²) in [7, 11) is -2.19. The van der Waals surface area contributed by atoms with Gasteiger partial charge in [0.1, 0.15) is 5.75 Å². The van der Waals surface area contributed by atoms with Crippen LogP contribution in [0.1, 0.15) is 30.1 Å². The van der Waals surface area contributed by atoms with Crippen molar-refractivity contribution in [2.75, 3.05) is 25.5 Å². The van der Waals surface area contributed by atoms with Crippen molar-refractivity contribution in [2.45, 2.75) is 31.2 Å². The zero-order valence-electron chi connectivity index (χ0n) is 19.2. The Bertz CT molecular complexity index is 1500. The number of amides is 1. The van der Waals surface area contributed by atoms with Crippen molar-refractivity contribution in [3.05, 3.63) is 66.2 Å². The second-order valence-corrected chi connectivity index (χ2v) is 10.4. The first-order valence-corrected chi connectivity index (χ1v) is 12.9. The van der Waals surface area contributed by atoms with E-state index in [0.717, 1.165) is 41.2 Å². The summed E-state index contributed by atoms with van der Waals surface area (Å²) in [6.45, 7) is 3.95. The third kappa shape index (κ3) is 3.73. The van der Waals surface area contributed by atoms with E-state index >= 15 is 0 Å². The van der Waals surface area contributed by atoms with Crippen molar-refractivity contribution in [3.8, 4) is 5.75 Å². The number of aryl methyl sites for hydroxylation is 1. The molecule has 8 heteroatoms. The number of fused-ring (bicyclic) bond motifs is 3. The Labute approximate surface area is 199 Å². The van der Waals surface area contributed by atoms with E-state index in [1.807, 2.05) is 30.3 Å². The fraction of sp³-hybridized carbons (Fsp3) is 0.269. The molecule has 0 aliphatic carbocycles. The first kappa shape index (κ1) is 22.4. The van der Waals surface area contributed by atoms with Crippen molar-refractivity contribution >= 4 is 43.4 Å². The second kappa shape index (κ2) is 8.77. The standard InChI is InChI=1S/C26H27N3O4S/c1-3-29-23-9-5-4-8-20(23)21-16-18(10-12-24(21)29)27-26(30)22-17-19(11-13-25(22)33-2)34(31,32)28-14-6-7-15-28/h4-5,8-13,16-17H,3,6-7,14-15H2,1-2H3,(H,27,30). The van der Waals surface area contributed by atoms with Gasteiger partial charge >= 0.3 is 0 Å². The van der Waals surface area contributed by atoms with Crippen LogP contribution in [0.5, 0.6) is 5.75 Å². The third-order valence-corrected chi connectivity index (χ3v) is 8.36. The molecule has 0 radical (unpaired) electrons. The van der Waals surface area contributed by atoms with Gasteiger partial charge in [-0.3, -0.25) is 4.79 Å². The number of carbonyl (C=O) groups excluding carboxylic acids is 1. The number of nitrogens with one attached hydrogen (secondary N) is 1. The molecule has 1 aliphatic rings. The summed E-state index contributed by atoms with van der Waals surface area (Å²) >= 11 is 0. The van der Waals surface area contributed by atoms with Crippen LogP contribution in [0.3, 0.4) is 0 Å². The number of carbonyl (C=O) groups is 1. The highest BCUT2D eigenvalue weighted by molar-refractivity contribution is 7.89. The zero-order valence-corrected chi connectivity index (χ0v) is 20.1. The quantitative estimate of drug-likeness (QED) is 0.430. The average Bonchev–Trinajstić information content (AvgIpc) is 3.50. The smallest absolute Gasteiger partial charge is 0.259 e. The molecule has 0 bridgehead atoms. The number of rotatable bonds is 6. The van der Waals surface area contributed by atoms with E-state index in [2.05, 4.69) is 28.9 Å². The van der Waals surface area contributed by atoms with E-state index in [9.17, 15) is 13.2 Å². The number of hydrogen-bond acceptors (Lipinski definition) is 4. The molecule has 7 nitrogen and oxygen atoms in total. The van der Waals surface area contributed by atoms with Crippen LogP contribution in [-0.4, -0.2) is 43.4 Å². The van der Waals surface area contributed by atoms with E-state index in [0.29, 0.717) is 24.5 Å². The molecule has 1 amide bonds. The Hall–Kier alpha value is -3.36. The molecule has 176 valence electrons. The Balaban J connectivity index is 1.51. The number of anilines is 1. The Morgan fingerprint density at radius 1 is 0.971 bits per heavy atom. The maximum atomic E-state index is 13.3. The van der Waals surface area contributed by atoms with Gasteiger partial charge in [0, 0.05) is 47.1 Å². The van der Waals surface area contributed by atoms with E-state index in [1.165, 1.54) is 29.6 Å². The monoisotopic (exact) mass is 477 g/mol. The summed E-state index contributed by atoms with van der Waals surface area (Å²) < 4.78 is 35.1. The van der Waals surface area contributed by atoms with Crippen LogP contribution in [0.4, 0.5) is 5.69 Å². The van der Waals surface area contributed by atoms with Gasteiger partial charge in [-0.2, -0.15) is 4.31 Å². The van der Waals surface area contributed by atoms with Crippen LogP contribution in [0.15, 0.2) is 65.6 Å². The van der Waals surface area contributed by atoms with Crippen LogP contribution < -0.4 is 10.1 Å². The molecule has 34 heavy (non-hydrogen) atoms. The molecule has 1 aromatic heterocycles. The van der Waals surface area contributed by atoms with Gasteiger partial charge in [0.25, 0.3) is 5.91 Å². The van der Waals surface area contributed by atoms with E-state index < -0.39 is 15.9 Å². The molecule has 1 N–H and O–H groups in total. The van der Waals surface area contributed by atoms with Gasteiger partial charge in [-0.25, -0.2) is 8.42 Å². The highest BCUT2D eigenvalue weighted by Gasteiger charge is 2.28. The maximum Gasteiger partial charge on any atom is 0.259 e. The highest BCUT2D eigenvalue weighted by atomic mass is 32.2. The van der Waals surface area contributed by atoms with Crippen molar-refractivity contribution < 1.29 is 17.9 Å². The van der Waals surface area contributed by atoms with Crippen LogP contribution in [0, 0.1) is 0 Å². The molecule has 1 aliphatic heterocycles. The lowest BCUT2D eigenvalue weighted by Gasteiger charge is -2.17. The lowest BCUT2D eigenvalue weighted by Crippen LogP contribution is -2.28. The molecular formula is C26H27N3O4S. The minimum Gasteiger partial charge on any atom is -0.496 e. The summed E-state index contributed by atoms with van der Waals surface area (Å²) in [5, 5.41) is 5.09. The zero-order chi connectivity index (χ0) is 23.9. The largest absolute Gasteiger partial charge is 0.496 e. The van der Waals surface area contributed by atoms with Crippen LogP contribution >= 0.6 is 0 Å². The lowest BCUT2D eigenvalue weighted by molar-refractivity contribution is 0.102. The molecule has 0 atom stereocenters. The van der Waals surface area contributed by atoms with E-state index in [-0.39, 0.29) is 10.5 Å². The van der Waals surface area contributed by atoms with E-state index in [4.69, 9.17) is 4.74 Å². The van der Waals surface area contributed by atoms with Crippen LogP contribution in [0.2, 0.25) is 0 Å². The number of ether oxygens (including phenoxy) is 1. The third-order valence-electron chi connectivity index (χ3n) is 6.46. The summed E-state index contributed by atoms with van der Waals surface area (Å²) in [5.74, 6) is -0.101. The van der Waals surface area contributed by atoms with Crippen molar-refractivity contribution in [1.29, 1.82) is 0 Å². The molecule has 1 fully saturated rings. The van der Waals surface area contributed by atoms with Gasteiger partial charge in [-0.05, 0) is 62.2 Å². The van der Waals surface area contributed by atoms with Gasteiger partial charge in [-0.15, -0.1) is 0 Å². The van der Waals surface area contributed by atoms with E-state index in [1.54, 1.807) is 0 Å². The lowest BCUT2D eigenvalue weighted by atomic mass is 10.1. The highest BCUT2D eigenvalue weighted by Crippen LogP contribution is 2.32. The minimum atomic E-state index is -3.65. The van der Waals surface area contributed by atoms with Gasteiger partial charge < -0.3 is 14.6 Å². The topological polar surface area (TPSA) is 80.6 Å². The number of aromatic nitrogens is 1. The molecule has 1 saturated heterocycles. The predicted octanol–water partition coefficient (Wildman–Crippen LogP) is 4.86. The van der Waals surface area contributed by atoms with Crippen molar-refractivity contribution in [2.24, 2.45) is 0 Å². The van der Waals surface area contributed by atoms with Gasteiger partial charge in [0.15, 0.2) is 0 Å². The molecule has 3 aromatic carbocycles. The molecule has 5 rings (SSSR count). The fourth-order valence-corrected chi connectivity index (χ4v) is 6.32. The molecule has 0 unspecified atom stereocenters. The average molecular weight is 478 g/mol.